The van der Waals surface area contributed by atoms with E-state index in [0.717, 1.165) is 5.56 Å². The zero-order valence-corrected chi connectivity index (χ0v) is 16.1. The molecule has 0 N–H and O–H groups in total. The van der Waals surface area contributed by atoms with E-state index in [1.807, 2.05) is 50.2 Å². The van der Waals surface area contributed by atoms with Crippen molar-refractivity contribution < 1.29 is 19.1 Å². The van der Waals surface area contributed by atoms with E-state index >= 15 is 0 Å². The number of rotatable bonds is 8. The van der Waals surface area contributed by atoms with E-state index in [1.165, 1.54) is 0 Å². The van der Waals surface area contributed by atoms with Crippen molar-refractivity contribution in [1.82, 2.24) is 4.90 Å². The van der Waals surface area contributed by atoms with E-state index < -0.39 is 0 Å². The highest BCUT2D eigenvalue weighted by atomic mass is 16.6. The largest absolute Gasteiger partial charge is 0.459 e. The lowest BCUT2D eigenvalue weighted by molar-refractivity contribution is 0.0244. The molecule has 2 unspecified atom stereocenters. The van der Waals surface area contributed by atoms with Crippen molar-refractivity contribution in [2.45, 2.75) is 45.9 Å². The van der Waals surface area contributed by atoms with Gasteiger partial charge < -0.3 is 14.4 Å². The Bertz CT molecular complexity index is 718. The number of hydrogen-bond donors (Lipinski definition) is 0. The zero-order valence-electron chi connectivity index (χ0n) is 16.1. The summed E-state index contributed by atoms with van der Waals surface area (Å²) >= 11 is 0. The molecule has 2 aromatic carbocycles. The van der Waals surface area contributed by atoms with Crippen LogP contribution in [0.25, 0.3) is 0 Å². The lowest BCUT2D eigenvalue weighted by Gasteiger charge is -2.30. The third kappa shape index (κ3) is 6.44. The van der Waals surface area contributed by atoms with Gasteiger partial charge in [-0.25, -0.2) is 9.59 Å². The summed E-state index contributed by atoms with van der Waals surface area (Å²) in [6.45, 7) is 6.32. The van der Waals surface area contributed by atoms with Crippen LogP contribution >= 0.6 is 0 Å². The first-order chi connectivity index (χ1) is 13.0. The molecule has 0 radical (unpaired) electrons. The van der Waals surface area contributed by atoms with Crippen molar-refractivity contribution >= 4 is 12.1 Å². The smallest absolute Gasteiger partial charge is 0.410 e. The Kier molecular flexibility index (Phi) is 7.86. The molecule has 0 aromatic heterocycles. The lowest BCUT2D eigenvalue weighted by Crippen LogP contribution is -2.40. The van der Waals surface area contributed by atoms with Gasteiger partial charge in [-0.2, -0.15) is 0 Å². The molecule has 0 bridgehead atoms. The number of benzene rings is 2. The molecule has 0 fully saturated rings. The van der Waals surface area contributed by atoms with Crippen LogP contribution < -0.4 is 0 Å². The SMILES string of the molecule is CCOC(=O)N(Cc1ccccc1)C(C)CC(C)OC(=O)c1ccccc1. The molecule has 1 amide bonds. The minimum Gasteiger partial charge on any atom is -0.459 e. The molecule has 0 aliphatic rings. The monoisotopic (exact) mass is 369 g/mol. The predicted molar refractivity (Wildman–Crippen MR) is 104 cm³/mol. The maximum Gasteiger partial charge on any atom is 0.410 e. The van der Waals surface area contributed by atoms with Gasteiger partial charge in [0.05, 0.1) is 12.2 Å². The minimum absolute atomic E-state index is 0.150. The molecule has 2 aromatic rings. The quantitative estimate of drug-likeness (QED) is 0.635. The van der Waals surface area contributed by atoms with Gasteiger partial charge in [-0.05, 0) is 38.5 Å². The van der Waals surface area contributed by atoms with Crippen molar-refractivity contribution in [2.75, 3.05) is 6.61 Å². The van der Waals surface area contributed by atoms with Crippen molar-refractivity contribution in [3.8, 4) is 0 Å². The minimum atomic E-state index is -0.365. The number of nitrogens with zero attached hydrogens (tertiary/aromatic N) is 1. The van der Waals surface area contributed by atoms with Crippen LogP contribution in [-0.4, -0.2) is 35.7 Å². The van der Waals surface area contributed by atoms with Gasteiger partial charge in [0, 0.05) is 19.0 Å². The van der Waals surface area contributed by atoms with Crippen molar-refractivity contribution in [3.05, 3.63) is 71.8 Å². The fourth-order valence-corrected chi connectivity index (χ4v) is 2.87. The maximum atomic E-state index is 12.4. The van der Waals surface area contributed by atoms with Crippen LogP contribution in [-0.2, 0) is 16.0 Å². The van der Waals surface area contributed by atoms with Crippen LogP contribution in [0.2, 0.25) is 0 Å². The fourth-order valence-electron chi connectivity index (χ4n) is 2.87. The van der Waals surface area contributed by atoms with Crippen molar-refractivity contribution in [2.24, 2.45) is 0 Å². The number of esters is 1. The molecule has 0 aliphatic heterocycles. The molecular formula is C22H27NO4. The highest BCUT2D eigenvalue weighted by Crippen LogP contribution is 2.16. The normalized spacial score (nSPS) is 12.7. The molecule has 27 heavy (non-hydrogen) atoms. The second-order valence-corrected chi connectivity index (χ2v) is 6.48. The zero-order chi connectivity index (χ0) is 19.6. The second kappa shape index (κ2) is 10.4. The van der Waals surface area contributed by atoms with Crippen molar-refractivity contribution in [3.63, 3.8) is 0 Å². The van der Waals surface area contributed by atoms with Gasteiger partial charge in [0.1, 0.15) is 6.10 Å². The molecule has 2 rings (SSSR count). The summed E-state index contributed by atoms with van der Waals surface area (Å²) in [5.41, 5.74) is 1.54. The molecule has 0 aliphatic carbocycles. The van der Waals surface area contributed by atoms with Gasteiger partial charge in [0.2, 0.25) is 0 Å². The van der Waals surface area contributed by atoms with E-state index in [2.05, 4.69) is 0 Å². The first-order valence-electron chi connectivity index (χ1n) is 9.24. The molecule has 5 nitrogen and oxygen atoms in total. The summed E-state index contributed by atoms with van der Waals surface area (Å²) in [5, 5.41) is 0. The molecule has 5 heteroatoms. The molecule has 0 heterocycles. The van der Waals surface area contributed by atoms with Crippen LogP contribution in [0.3, 0.4) is 0 Å². The summed E-state index contributed by atoms with van der Waals surface area (Å²) in [7, 11) is 0. The average molecular weight is 369 g/mol. The Morgan fingerprint density at radius 2 is 1.56 bits per heavy atom. The van der Waals surface area contributed by atoms with Gasteiger partial charge in [-0.15, -0.1) is 0 Å². The molecule has 0 saturated heterocycles. The first-order valence-corrected chi connectivity index (χ1v) is 9.24. The van der Waals surface area contributed by atoms with E-state index in [9.17, 15) is 9.59 Å². The Labute approximate surface area is 160 Å². The van der Waals surface area contributed by atoms with Gasteiger partial charge >= 0.3 is 12.1 Å². The molecule has 144 valence electrons. The topological polar surface area (TPSA) is 55.8 Å². The predicted octanol–water partition coefficient (Wildman–Crippen LogP) is 4.67. The summed E-state index contributed by atoms with van der Waals surface area (Å²) < 4.78 is 10.7. The Balaban J connectivity index is 2.00. The highest BCUT2D eigenvalue weighted by molar-refractivity contribution is 5.89. The molecular weight excluding hydrogens is 342 g/mol. The number of ether oxygens (including phenoxy) is 2. The highest BCUT2D eigenvalue weighted by Gasteiger charge is 2.24. The first kappa shape index (κ1) is 20.5. The molecule has 0 spiro atoms. The standard InChI is InChI=1S/C22H27NO4/c1-4-26-22(25)23(16-19-11-7-5-8-12-19)17(2)15-18(3)27-21(24)20-13-9-6-10-14-20/h5-14,17-18H,4,15-16H2,1-3H3. The van der Waals surface area contributed by atoms with Crippen molar-refractivity contribution in [1.29, 1.82) is 0 Å². The lowest BCUT2D eigenvalue weighted by atomic mass is 10.1. The Morgan fingerprint density at radius 3 is 2.15 bits per heavy atom. The van der Waals surface area contributed by atoms with E-state index in [0.29, 0.717) is 25.1 Å². The van der Waals surface area contributed by atoms with Gasteiger partial charge in [0.25, 0.3) is 0 Å². The van der Waals surface area contributed by atoms with Crippen LogP contribution in [0.15, 0.2) is 60.7 Å². The number of carbonyl (C=O) groups is 2. The van der Waals surface area contributed by atoms with Crippen LogP contribution in [0, 0.1) is 0 Å². The van der Waals surface area contributed by atoms with E-state index in [1.54, 1.807) is 36.1 Å². The summed E-state index contributed by atoms with van der Waals surface area (Å²) in [6.07, 6.45) is -0.180. The van der Waals surface area contributed by atoms with Crippen LogP contribution in [0.1, 0.15) is 43.1 Å². The van der Waals surface area contributed by atoms with Gasteiger partial charge in [0.15, 0.2) is 0 Å². The van der Waals surface area contributed by atoms with E-state index in [-0.39, 0.29) is 24.2 Å². The van der Waals surface area contributed by atoms with Gasteiger partial charge in [-0.1, -0.05) is 48.5 Å². The maximum absolute atomic E-state index is 12.4. The summed E-state index contributed by atoms with van der Waals surface area (Å²) in [5.74, 6) is -0.360. The van der Waals surface area contributed by atoms with Gasteiger partial charge in [-0.3, -0.25) is 0 Å². The second-order valence-electron chi connectivity index (χ2n) is 6.48. The molecule has 2 atom stereocenters. The third-order valence-electron chi connectivity index (χ3n) is 4.22. The molecule has 0 saturated carbocycles. The number of carbonyl (C=O) groups excluding carboxylic acids is 2. The number of hydrogen-bond acceptors (Lipinski definition) is 4. The summed E-state index contributed by atoms with van der Waals surface area (Å²) in [6, 6.07) is 18.5. The Hall–Kier alpha value is -2.82. The Morgan fingerprint density at radius 1 is 0.963 bits per heavy atom. The fraction of sp³-hybridized carbons (Fsp3) is 0.364. The summed E-state index contributed by atoms with van der Waals surface area (Å²) in [4.78, 5) is 26.3. The van der Waals surface area contributed by atoms with Crippen LogP contribution in [0.5, 0.6) is 0 Å². The van der Waals surface area contributed by atoms with Crippen LogP contribution in [0.4, 0.5) is 4.79 Å². The number of amides is 1. The van der Waals surface area contributed by atoms with E-state index in [4.69, 9.17) is 9.47 Å². The third-order valence-corrected chi connectivity index (χ3v) is 4.22. The average Bonchev–Trinajstić information content (AvgIpc) is 2.67.